The maximum absolute atomic E-state index is 12.4. The van der Waals surface area contributed by atoms with Crippen molar-refractivity contribution in [2.75, 3.05) is 43.9 Å². The number of hydrogen-bond donors (Lipinski definition) is 3. The van der Waals surface area contributed by atoms with E-state index in [-0.39, 0.29) is 23.8 Å². The van der Waals surface area contributed by atoms with E-state index in [1.165, 1.54) is 50.8 Å². The van der Waals surface area contributed by atoms with E-state index in [1.54, 1.807) is 25.2 Å². The lowest BCUT2D eigenvalue weighted by atomic mass is 9.85. The van der Waals surface area contributed by atoms with Gasteiger partial charge in [-0.2, -0.15) is 0 Å². The first-order chi connectivity index (χ1) is 19.3. The lowest BCUT2D eigenvalue weighted by Crippen LogP contribution is -2.57. The van der Waals surface area contributed by atoms with E-state index in [0.29, 0.717) is 17.6 Å². The van der Waals surface area contributed by atoms with Gasteiger partial charge < -0.3 is 31.1 Å². The fraction of sp³-hybridized carbons (Fsp3) is 0.600. The van der Waals surface area contributed by atoms with Crippen molar-refractivity contribution >= 4 is 29.3 Å². The minimum Gasteiger partial charge on any atom is -0.364 e. The number of anilines is 3. The topological polar surface area (TPSA) is 120 Å². The van der Waals surface area contributed by atoms with Crippen LogP contribution in [0, 0.1) is 0 Å². The summed E-state index contributed by atoms with van der Waals surface area (Å²) in [6.45, 7) is 5.29. The quantitative estimate of drug-likeness (QED) is 0.455. The first kappa shape index (κ1) is 28.1. The largest absolute Gasteiger partial charge is 0.364 e. The SMILES string of the molecule is CC[C@@H]1[C@H](NC(=O)N(C)C)CCCN1c1cnc(C(N)=O)c(Nc2ccc(C3CCN(C4CCC4)CC3)cc2)n1. The molecule has 3 amide bonds. The number of amides is 3. The Hall–Kier alpha value is -3.40. The Morgan fingerprint density at radius 2 is 1.75 bits per heavy atom. The summed E-state index contributed by atoms with van der Waals surface area (Å²) in [6, 6.07) is 9.25. The van der Waals surface area contributed by atoms with Gasteiger partial charge in [0.2, 0.25) is 0 Å². The minimum absolute atomic E-state index is 0.00388. The van der Waals surface area contributed by atoms with Crippen LogP contribution in [0.2, 0.25) is 0 Å². The molecule has 3 heterocycles. The fourth-order valence-corrected chi connectivity index (χ4v) is 6.41. The van der Waals surface area contributed by atoms with Gasteiger partial charge in [0, 0.05) is 32.4 Å². The molecule has 2 atom stereocenters. The van der Waals surface area contributed by atoms with E-state index in [4.69, 9.17) is 10.7 Å². The highest BCUT2D eigenvalue weighted by atomic mass is 16.2. The van der Waals surface area contributed by atoms with E-state index >= 15 is 0 Å². The number of nitrogens with one attached hydrogen (secondary N) is 2. The molecule has 2 saturated heterocycles. The molecule has 0 bridgehead atoms. The second-order valence-corrected chi connectivity index (χ2v) is 11.7. The Bertz CT molecular complexity index is 1170. The molecule has 216 valence electrons. The Balaban J connectivity index is 1.29. The first-order valence-electron chi connectivity index (χ1n) is 14.9. The number of piperidine rings is 2. The molecule has 0 unspecified atom stereocenters. The van der Waals surface area contributed by atoms with Crippen molar-refractivity contribution in [3.05, 3.63) is 41.7 Å². The van der Waals surface area contributed by atoms with E-state index in [9.17, 15) is 9.59 Å². The molecule has 4 N–H and O–H groups in total. The van der Waals surface area contributed by atoms with Crippen molar-refractivity contribution in [3.63, 3.8) is 0 Å². The number of rotatable bonds is 8. The third kappa shape index (κ3) is 6.16. The van der Waals surface area contributed by atoms with Gasteiger partial charge in [0.25, 0.3) is 5.91 Å². The Kier molecular flexibility index (Phi) is 8.73. The predicted molar refractivity (Wildman–Crippen MR) is 158 cm³/mol. The van der Waals surface area contributed by atoms with E-state index in [2.05, 4.69) is 56.6 Å². The number of urea groups is 1. The van der Waals surface area contributed by atoms with Crippen molar-refractivity contribution in [1.82, 2.24) is 25.1 Å². The lowest BCUT2D eigenvalue weighted by molar-refractivity contribution is 0.0975. The van der Waals surface area contributed by atoms with Crippen LogP contribution in [0.1, 0.15) is 80.3 Å². The van der Waals surface area contributed by atoms with Crippen LogP contribution >= 0.6 is 0 Å². The molecule has 5 rings (SSSR count). The molecule has 40 heavy (non-hydrogen) atoms. The van der Waals surface area contributed by atoms with Gasteiger partial charge in [-0.3, -0.25) is 4.79 Å². The molecular weight excluding hydrogens is 504 g/mol. The molecule has 1 saturated carbocycles. The molecule has 2 aliphatic heterocycles. The minimum atomic E-state index is -0.627. The van der Waals surface area contributed by atoms with Gasteiger partial charge in [0.1, 0.15) is 5.82 Å². The summed E-state index contributed by atoms with van der Waals surface area (Å²) >= 11 is 0. The van der Waals surface area contributed by atoms with Crippen LogP contribution in [0.25, 0.3) is 0 Å². The van der Waals surface area contributed by atoms with Gasteiger partial charge in [0.15, 0.2) is 11.5 Å². The monoisotopic (exact) mass is 548 g/mol. The van der Waals surface area contributed by atoms with Crippen LogP contribution in [-0.2, 0) is 0 Å². The Morgan fingerprint density at radius 1 is 1.02 bits per heavy atom. The molecule has 3 fully saturated rings. The Labute approximate surface area is 237 Å². The maximum atomic E-state index is 12.4. The molecule has 3 aliphatic rings. The number of carbonyl (C=O) groups is 2. The van der Waals surface area contributed by atoms with Crippen molar-refractivity contribution in [1.29, 1.82) is 0 Å². The summed E-state index contributed by atoms with van der Waals surface area (Å²) in [6.07, 6.45) is 10.8. The number of benzene rings is 1. The van der Waals surface area contributed by atoms with Gasteiger partial charge in [-0.1, -0.05) is 25.5 Å². The first-order valence-corrected chi connectivity index (χ1v) is 14.9. The van der Waals surface area contributed by atoms with Crippen molar-refractivity contribution < 1.29 is 9.59 Å². The summed E-state index contributed by atoms with van der Waals surface area (Å²) in [4.78, 5) is 40.3. The predicted octanol–water partition coefficient (Wildman–Crippen LogP) is 4.07. The van der Waals surface area contributed by atoms with Gasteiger partial charge >= 0.3 is 6.03 Å². The average molecular weight is 549 g/mol. The van der Waals surface area contributed by atoms with Crippen molar-refractivity contribution in [3.8, 4) is 0 Å². The molecule has 1 aromatic carbocycles. The summed E-state index contributed by atoms with van der Waals surface area (Å²) in [5.41, 5.74) is 7.98. The average Bonchev–Trinajstić information content (AvgIpc) is 2.92. The normalized spacial score (nSPS) is 22.4. The third-order valence-corrected chi connectivity index (χ3v) is 8.97. The van der Waals surface area contributed by atoms with Crippen LogP contribution in [0.15, 0.2) is 30.5 Å². The molecule has 1 aromatic heterocycles. The molecule has 0 radical (unpaired) electrons. The third-order valence-electron chi connectivity index (χ3n) is 8.97. The highest BCUT2D eigenvalue weighted by Crippen LogP contribution is 2.34. The zero-order chi connectivity index (χ0) is 28.2. The van der Waals surface area contributed by atoms with Crippen LogP contribution in [0.5, 0.6) is 0 Å². The van der Waals surface area contributed by atoms with Crippen LogP contribution < -0.4 is 21.3 Å². The highest BCUT2D eigenvalue weighted by Gasteiger charge is 2.33. The second-order valence-electron chi connectivity index (χ2n) is 11.7. The number of carbonyl (C=O) groups excluding carboxylic acids is 2. The number of hydrogen-bond acceptors (Lipinski definition) is 7. The van der Waals surface area contributed by atoms with Crippen LogP contribution in [0.3, 0.4) is 0 Å². The van der Waals surface area contributed by atoms with E-state index in [0.717, 1.165) is 37.5 Å². The molecule has 2 aromatic rings. The number of aromatic nitrogens is 2. The molecule has 0 spiro atoms. The molecule has 10 heteroatoms. The number of likely N-dealkylation sites (tertiary alicyclic amines) is 1. The number of nitrogens with two attached hydrogens (primary N) is 1. The summed E-state index contributed by atoms with van der Waals surface area (Å²) in [7, 11) is 3.49. The highest BCUT2D eigenvalue weighted by molar-refractivity contribution is 5.96. The van der Waals surface area contributed by atoms with Crippen LogP contribution in [0.4, 0.5) is 22.1 Å². The van der Waals surface area contributed by atoms with Crippen molar-refractivity contribution in [2.45, 2.75) is 82.3 Å². The smallest absolute Gasteiger partial charge is 0.317 e. The van der Waals surface area contributed by atoms with E-state index < -0.39 is 5.91 Å². The van der Waals surface area contributed by atoms with Gasteiger partial charge in [-0.25, -0.2) is 14.8 Å². The van der Waals surface area contributed by atoms with Gasteiger partial charge in [0.05, 0.1) is 18.3 Å². The maximum Gasteiger partial charge on any atom is 0.317 e. The molecular formula is C30H44N8O2. The fourth-order valence-electron chi connectivity index (χ4n) is 6.41. The van der Waals surface area contributed by atoms with Crippen molar-refractivity contribution in [2.24, 2.45) is 5.73 Å². The van der Waals surface area contributed by atoms with Gasteiger partial charge in [-0.05, 0) is 81.6 Å². The number of nitrogens with zero attached hydrogens (tertiary/aromatic N) is 5. The van der Waals surface area contributed by atoms with Crippen LogP contribution in [-0.4, -0.2) is 83.6 Å². The second kappa shape index (κ2) is 12.4. The van der Waals surface area contributed by atoms with Gasteiger partial charge in [-0.15, -0.1) is 0 Å². The van der Waals surface area contributed by atoms with E-state index in [1.807, 2.05) is 0 Å². The zero-order valence-electron chi connectivity index (χ0n) is 24.1. The molecule has 10 nitrogen and oxygen atoms in total. The standard InChI is InChI=1S/C30H44N8O2/c1-4-25-24(34-30(40)36(2)3)9-6-16-38(25)26-19-32-27(28(31)39)29(35-26)33-22-12-10-20(11-13-22)21-14-17-37(18-15-21)23-7-5-8-23/h10-13,19,21,23-25H,4-9,14-18H2,1-3H3,(H2,31,39)(H,33,35)(H,34,40)/t24-,25-/m1/s1. The lowest BCUT2D eigenvalue weighted by Gasteiger charge is -2.42. The molecule has 1 aliphatic carbocycles. The number of primary amides is 1. The zero-order valence-corrected chi connectivity index (χ0v) is 24.1. The summed E-state index contributed by atoms with van der Waals surface area (Å²) in [5, 5.41) is 6.46. The Morgan fingerprint density at radius 3 is 2.35 bits per heavy atom. The summed E-state index contributed by atoms with van der Waals surface area (Å²) < 4.78 is 0. The summed E-state index contributed by atoms with van der Waals surface area (Å²) in [5.74, 6) is 0.970.